The number of rotatable bonds is 4. The summed E-state index contributed by atoms with van der Waals surface area (Å²) in [6.07, 6.45) is 6.29. The zero-order valence-corrected chi connectivity index (χ0v) is 16.8. The highest BCUT2D eigenvalue weighted by Gasteiger charge is 2.20. The summed E-state index contributed by atoms with van der Waals surface area (Å²) in [4.78, 5) is 29.4. The lowest BCUT2D eigenvalue weighted by Crippen LogP contribution is -2.23. The predicted molar refractivity (Wildman–Crippen MR) is 105 cm³/mol. The third kappa shape index (κ3) is 4.06. The van der Waals surface area contributed by atoms with E-state index < -0.39 is 5.97 Å². The minimum Gasteiger partial charge on any atom is -0.486 e. The third-order valence-corrected chi connectivity index (χ3v) is 6.31. The van der Waals surface area contributed by atoms with Crippen molar-refractivity contribution >= 4 is 33.4 Å². The Bertz CT molecular complexity index is 955. The molecule has 0 unspecified atom stereocenters. The first-order valence-electron chi connectivity index (χ1n) is 9.71. The van der Waals surface area contributed by atoms with Crippen molar-refractivity contribution in [2.45, 2.75) is 45.1 Å². The molecule has 1 aromatic heterocycles. The Labute approximate surface area is 166 Å². The maximum atomic E-state index is 12.6. The molecule has 28 heavy (non-hydrogen) atoms. The second kappa shape index (κ2) is 8.34. The minimum absolute atomic E-state index is 0.00825. The van der Waals surface area contributed by atoms with E-state index >= 15 is 0 Å². The summed E-state index contributed by atoms with van der Waals surface area (Å²) in [6, 6.07) is 3.72. The van der Waals surface area contributed by atoms with Crippen LogP contribution in [0, 0.1) is 5.92 Å². The molecule has 0 N–H and O–H groups in total. The van der Waals surface area contributed by atoms with Gasteiger partial charge in [-0.3, -0.25) is 9.59 Å². The number of methoxy groups -OCH3 is 1. The Balaban J connectivity index is 1.71. The Morgan fingerprint density at radius 1 is 1.18 bits per heavy atom. The van der Waals surface area contributed by atoms with E-state index in [1.165, 1.54) is 37.7 Å². The van der Waals surface area contributed by atoms with E-state index in [2.05, 4.69) is 4.99 Å². The van der Waals surface area contributed by atoms with Gasteiger partial charge < -0.3 is 18.8 Å². The lowest BCUT2D eigenvalue weighted by atomic mass is 9.87. The molecular weight excluding hydrogens is 380 g/mol. The number of esters is 1. The fourth-order valence-electron chi connectivity index (χ4n) is 3.83. The summed E-state index contributed by atoms with van der Waals surface area (Å²) in [5.41, 5.74) is 0.781. The number of hydrogen-bond acceptors (Lipinski definition) is 6. The van der Waals surface area contributed by atoms with Crippen LogP contribution in [0.1, 0.15) is 38.5 Å². The van der Waals surface area contributed by atoms with Crippen molar-refractivity contribution in [2.75, 3.05) is 20.3 Å². The average molecular weight is 404 g/mol. The van der Waals surface area contributed by atoms with Crippen molar-refractivity contribution in [3.63, 3.8) is 0 Å². The first-order valence-corrected chi connectivity index (χ1v) is 10.5. The van der Waals surface area contributed by atoms with Crippen molar-refractivity contribution in [1.82, 2.24) is 4.57 Å². The van der Waals surface area contributed by atoms with Crippen molar-refractivity contribution < 1.29 is 23.8 Å². The second-order valence-electron chi connectivity index (χ2n) is 7.22. The van der Waals surface area contributed by atoms with Crippen LogP contribution in [0.15, 0.2) is 17.1 Å². The molecule has 0 spiro atoms. The van der Waals surface area contributed by atoms with Crippen LogP contribution >= 0.6 is 11.3 Å². The van der Waals surface area contributed by atoms with Gasteiger partial charge in [-0.25, -0.2) is 0 Å². The van der Waals surface area contributed by atoms with Gasteiger partial charge in [-0.1, -0.05) is 30.6 Å². The Morgan fingerprint density at radius 3 is 2.61 bits per heavy atom. The van der Waals surface area contributed by atoms with E-state index in [1.54, 1.807) is 4.57 Å². The van der Waals surface area contributed by atoms with E-state index in [4.69, 9.17) is 14.2 Å². The molecule has 1 fully saturated rings. The van der Waals surface area contributed by atoms with Crippen LogP contribution in [0.3, 0.4) is 0 Å². The molecular formula is C20H24N2O5S. The zero-order valence-electron chi connectivity index (χ0n) is 15.9. The van der Waals surface area contributed by atoms with Gasteiger partial charge in [0.1, 0.15) is 19.8 Å². The SMILES string of the molecule is COC(=O)Cn1c(=NC(=O)CC2CCCCC2)sc2cc3c(cc21)OCCO3. The van der Waals surface area contributed by atoms with E-state index in [0.717, 1.165) is 23.1 Å². The molecule has 0 saturated heterocycles. The number of nitrogens with zero attached hydrogens (tertiary/aromatic N) is 2. The lowest BCUT2D eigenvalue weighted by Gasteiger charge is -2.19. The molecule has 1 saturated carbocycles. The highest BCUT2D eigenvalue weighted by molar-refractivity contribution is 7.16. The Kier molecular flexibility index (Phi) is 5.66. The van der Waals surface area contributed by atoms with E-state index in [9.17, 15) is 9.59 Å². The number of benzene rings is 1. The maximum absolute atomic E-state index is 12.6. The smallest absolute Gasteiger partial charge is 0.325 e. The Morgan fingerprint density at radius 2 is 1.89 bits per heavy atom. The first-order chi connectivity index (χ1) is 13.6. The van der Waals surface area contributed by atoms with Gasteiger partial charge >= 0.3 is 5.97 Å². The van der Waals surface area contributed by atoms with Crippen LogP contribution in [0.25, 0.3) is 10.2 Å². The molecule has 8 heteroatoms. The van der Waals surface area contributed by atoms with Gasteiger partial charge in [0.25, 0.3) is 0 Å². The number of amides is 1. The molecule has 4 rings (SSSR count). The average Bonchev–Trinajstić information content (AvgIpc) is 3.02. The predicted octanol–water partition coefficient (Wildman–Crippen LogP) is 3.04. The molecule has 150 valence electrons. The van der Waals surface area contributed by atoms with Crippen LogP contribution in [0.2, 0.25) is 0 Å². The largest absolute Gasteiger partial charge is 0.486 e. The lowest BCUT2D eigenvalue weighted by molar-refractivity contribution is -0.141. The van der Waals surface area contributed by atoms with E-state index in [1.807, 2.05) is 12.1 Å². The highest BCUT2D eigenvalue weighted by atomic mass is 32.1. The number of thiazole rings is 1. The fourth-order valence-corrected chi connectivity index (χ4v) is 4.89. The van der Waals surface area contributed by atoms with Crippen molar-refractivity contribution in [1.29, 1.82) is 0 Å². The molecule has 1 aliphatic carbocycles. The summed E-state index contributed by atoms with van der Waals surface area (Å²) in [6.45, 7) is 0.978. The monoisotopic (exact) mass is 404 g/mol. The molecule has 2 aromatic rings. The summed E-state index contributed by atoms with van der Waals surface area (Å²) >= 11 is 1.37. The molecule has 7 nitrogen and oxygen atoms in total. The number of hydrogen-bond donors (Lipinski definition) is 0. The molecule has 1 amide bonds. The highest BCUT2D eigenvalue weighted by Crippen LogP contribution is 2.35. The molecule has 0 bridgehead atoms. The number of carbonyl (C=O) groups is 2. The van der Waals surface area contributed by atoms with Crippen molar-refractivity contribution in [2.24, 2.45) is 10.9 Å². The molecule has 1 aliphatic heterocycles. The normalized spacial score (nSPS) is 17.7. The van der Waals surface area contributed by atoms with Crippen LogP contribution < -0.4 is 14.3 Å². The third-order valence-electron chi connectivity index (χ3n) is 5.27. The molecule has 2 heterocycles. The topological polar surface area (TPSA) is 79.1 Å². The van der Waals surface area contributed by atoms with Gasteiger partial charge in [-0.2, -0.15) is 4.99 Å². The quantitative estimate of drug-likeness (QED) is 0.732. The molecule has 0 atom stereocenters. The number of fused-ring (bicyclic) bond motifs is 2. The standard InChI is InChI=1S/C20H24N2O5S/c1-25-19(24)12-22-14-10-15-16(27-8-7-26-15)11-17(14)28-20(22)21-18(23)9-13-5-3-2-4-6-13/h10-11,13H,2-9,12H2,1H3. The number of aromatic nitrogens is 1. The van der Waals surface area contributed by atoms with Gasteiger partial charge in [0, 0.05) is 18.6 Å². The minimum atomic E-state index is -0.393. The van der Waals surface area contributed by atoms with Crippen LogP contribution in [-0.2, 0) is 20.9 Å². The molecule has 0 radical (unpaired) electrons. The number of carbonyl (C=O) groups excluding carboxylic acids is 2. The summed E-state index contributed by atoms with van der Waals surface area (Å²) in [5, 5.41) is 0. The molecule has 1 aromatic carbocycles. The summed E-state index contributed by atoms with van der Waals surface area (Å²) in [5.74, 6) is 1.20. The maximum Gasteiger partial charge on any atom is 0.325 e. The zero-order chi connectivity index (χ0) is 19.5. The van der Waals surface area contributed by atoms with Crippen LogP contribution in [-0.4, -0.2) is 36.8 Å². The Hall–Kier alpha value is -2.35. The molecule has 2 aliphatic rings. The first kappa shape index (κ1) is 19.0. The van der Waals surface area contributed by atoms with Crippen LogP contribution in [0.5, 0.6) is 11.5 Å². The van der Waals surface area contributed by atoms with E-state index in [0.29, 0.717) is 41.9 Å². The van der Waals surface area contributed by atoms with Crippen molar-refractivity contribution in [3.05, 3.63) is 16.9 Å². The van der Waals surface area contributed by atoms with Gasteiger partial charge in [0.2, 0.25) is 5.91 Å². The van der Waals surface area contributed by atoms with Gasteiger partial charge in [0.05, 0.1) is 17.3 Å². The van der Waals surface area contributed by atoms with Gasteiger partial charge in [-0.15, -0.1) is 0 Å². The van der Waals surface area contributed by atoms with Crippen molar-refractivity contribution in [3.8, 4) is 11.5 Å². The second-order valence-corrected chi connectivity index (χ2v) is 8.23. The van der Waals surface area contributed by atoms with Gasteiger partial charge in [0.15, 0.2) is 16.3 Å². The van der Waals surface area contributed by atoms with E-state index in [-0.39, 0.29) is 12.5 Å². The fraction of sp³-hybridized carbons (Fsp3) is 0.550. The van der Waals surface area contributed by atoms with Crippen LogP contribution in [0.4, 0.5) is 0 Å². The number of ether oxygens (including phenoxy) is 3. The summed E-state index contributed by atoms with van der Waals surface area (Å²) < 4.78 is 18.7. The van der Waals surface area contributed by atoms with Gasteiger partial charge in [-0.05, 0) is 18.8 Å². The summed E-state index contributed by atoms with van der Waals surface area (Å²) in [7, 11) is 1.35.